The largest absolute Gasteiger partial charge is 0.354 e. The number of hydrogen-bond donors (Lipinski definition) is 1. The van der Waals surface area contributed by atoms with Gasteiger partial charge in [-0.1, -0.05) is 131 Å². The zero-order chi connectivity index (χ0) is 38.7. The number of aromatic amines is 1. The summed E-state index contributed by atoms with van der Waals surface area (Å²) in [5, 5.41) is 10.3. The zero-order valence-corrected chi connectivity index (χ0v) is 33.0. The van der Waals surface area contributed by atoms with Crippen molar-refractivity contribution >= 4 is 65.2 Å². The van der Waals surface area contributed by atoms with Gasteiger partial charge in [0, 0.05) is 49.1 Å². The number of para-hydroxylation sites is 1. The Labute approximate surface area is 337 Å². The van der Waals surface area contributed by atoms with Gasteiger partial charge in [-0.2, -0.15) is 0 Å². The van der Waals surface area contributed by atoms with E-state index in [9.17, 15) is 0 Å². The third-order valence-corrected chi connectivity index (χ3v) is 14.1. The lowest BCUT2D eigenvalue weighted by Crippen LogP contribution is -2.14. The maximum absolute atomic E-state index is 3.80. The van der Waals surface area contributed by atoms with Crippen molar-refractivity contribution in [2.24, 2.45) is 0 Å². The molecule has 0 saturated carbocycles. The zero-order valence-electron chi connectivity index (χ0n) is 33.0. The third-order valence-electron chi connectivity index (χ3n) is 14.1. The van der Waals surface area contributed by atoms with Gasteiger partial charge in [-0.05, 0) is 138 Å². The molecule has 2 nitrogen and oxygen atoms in total. The van der Waals surface area contributed by atoms with Crippen molar-refractivity contribution in [2.45, 2.75) is 38.5 Å². The van der Waals surface area contributed by atoms with E-state index in [2.05, 4.69) is 201 Å². The van der Waals surface area contributed by atoms with E-state index in [1.54, 1.807) is 0 Å². The molecule has 2 heterocycles. The summed E-state index contributed by atoms with van der Waals surface area (Å²) in [6, 6.07) is 61.9. The first-order chi connectivity index (χ1) is 28.3. The van der Waals surface area contributed by atoms with E-state index in [4.69, 9.17) is 0 Å². The lowest BCUT2D eigenvalue weighted by molar-refractivity contribution is 0.660. The predicted molar refractivity (Wildman–Crippen MR) is 246 cm³/mol. The lowest BCUT2D eigenvalue weighted by atomic mass is 9.82. The summed E-state index contributed by atoms with van der Waals surface area (Å²) >= 11 is 0. The Morgan fingerprint density at radius 2 is 0.914 bits per heavy atom. The van der Waals surface area contributed by atoms with Crippen molar-refractivity contribution in [2.75, 3.05) is 0 Å². The van der Waals surface area contributed by atoms with Crippen molar-refractivity contribution in [3.05, 3.63) is 186 Å². The fourth-order valence-corrected chi connectivity index (χ4v) is 11.2. The summed E-state index contributed by atoms with van der Waals surface area (Å²) in [7, 11) is 0. The Morgan fingerprint density at radius 1 is 0.379 bits per heavy atom. The minimum atomic E-state index is -0.0431. The molecule has 0 saturated heterocycles. The molecule has 11 aromatic rings. The molecule has 2 aliphatic carbocycles. The molecule has 9 aromatic carbocycles. The van der Waals surface area contributed by atoms with E-state index in [0.29, 0.717) is 0 Å². The van der Waals surface area contributed by atoms with Crippen LogP contribution < -0.4 is 0 Å². The normalized spacial score (nSPS) is 14.8. The van der Waals surface area contributed by atoms with Gasteiger partial charge in [0.1, 0.15) is 0 Å². The fourth-order valence-electron chi connectivity index (χ4n) is 11.2. The Morgan fingerprint density at radius 3 is 1.59 bits per heavy atom. The van der Waals surface area contributed by atoms with Crippen molar-refractivity contribution in [1.82, 2.24) is 9.55 Å². The second kappa shape index (κ2) is 10.9. The Hall–Kier alpha value is -6.90. The smallest absolute Gasteiger partial charge is 0.0547 e. The second-order valence-electron chi connectivity index (χ2n) is 17.8. The molecule has 0 fully saturated rings. The van der Waals surface area contributed by atoms with Gasteiger partial charge < -0.3 is 9.55 Å². The molecule has 13 rings (SSSR count). The topological polar surface area (TPSA) is 20.7 Å². The van der Waals surface area contributed by atoms with E-state index >= 15 is 0 Å². The number of fused-ring (bicyclic) bond motifs is 16. The van der Waals surface area contributed by atoms with Gasteiger partial charge in [0.15, 0.2) is 0 Å². The number of H-pyrrole nitrogens is 1. The van der Waals surface area contributed by atoms with E-state index in [-0.39, 0.29) is 10.8 Å². The molecule has 0 unspecified atom stereocenters. The molecule has 2 heteroatoms. The fraction of sp³-hybridized carbons (Fsp3) is 0.107. The summed E-state index contributed by atoms with van der Waals surface area (Å²) in [6.45, 7) is 9.45. The summed E-state index contributed by atoms with van der Waals surface area (Å²) in [4.78, 5) is 3.80. The molecule has 0 atom stereocenters. The number of nitrogens with zero attached hydrogens (tertiary/aromatic N) is 1. The molecule has 1 N–H and O–H groups in total. The van der Waals surface area contributed by atoms with E-state index in [1.807, 2.05) is 0 Å². The molecule has 2 aliphatic rings. The first kappa shape index (κ1) is 32.2. The summed E-state index contributed by atoms with van der Waals surface area (Å²) < 4.78 is 2.46. The Kier molecular flexibility index (Phi) is 6.07. The minimum Gasteiger partial charge on any atom is -0.354 e. The van der Waals surface area contributed by atoms with Crippen LogP contribution in [0.5, 0.6) is 0 Å². The number of nitrogens with one attached hydrogen (secondary N) is 1. The highest BCUT2D eigenvalue weighted by Gasteiger charge is 2.37. The van der Waals surface area contributed by atoms with Gasteiger partial charge in [-0.25, -0.2) is 0 Å². The highest BCUT2D eigenvalue weighted by molar-refractivity contribution is 6.18. The van der Waals surface area contributed by atoms with Crippen LogP contribution in [0.4, 0.5) is 0 Å². The second-order valence-corrected chi connectivity index (χ2v) is 17.8. The van der Waals surface area contributed by atoms with Crippen molar-refractivity contribution < 1.29 is 0 Å². The van der Waals surface area contributed by atoms with Gasteiger partial charge in [0.2, 0.25) is 0 Å². The van der Waals surface area contributed by atoms with Gasteiger partial charge in [0.05, 0.1) is 11.0 Å². The first-order valence-corrected chi connectivity index (χ1v) is 20.6. The van der Waals surface area contributed by atoms with Crippen molar-refractivity contribution in [1.29, 1.82) is 0 Å². The van der Waals surface area contributed by atoms with E-state index < -0.39 is 0 Å². The SMILES string of the molecule is CC1(C)c2ccccc2-c2c1ccc1cc3c(cc21)[nH]c1ccc(-c2ccc4c(c2)c2cc5ccc6c(c5cc2n4-c2ccccc2)-c2ccccc2C6(C)C)cc13. The molecule has 2 aromatic heterocycles. The molecular weight excluding hydrogens is 701 g/mol. The first-order valence-electron chi connectivity index (χ1n) is 20.6. The molecule has 274 valence electrons. The Bertz CT molecular complexity index is 3610. The highest BCUT2D eigenvalue weighted by Crippen LogP contribution is 2.53. The number of rotatable bonds is 2. The van der Waals surface area contributed by atoms with Crippen LogP contribution in [-0.4, -0.2) is 9.55 Å². The predicted octanol–water partition coefficient (Wildman–Crippen LogP) is 15.0. The third kappa shape index (κ3) is 4.07. The number of benzene rings is 9. The van der Waals surface area contributed by atoms with Crippen LogP contribution in [0.1, 0.15) is 49.9 Å². The summed E-state index contributed by atoms with van der Waals surface area (Å²) in [5.41, 5.74) is 19.5. The van der Waals surface area contributed by atoms with Crippen LogP contribution >= 0.6 is 0 Å². The highest BCUT2D eigenvalue weighted by atomic mass is 15.0. The van der Waals surface area contributed by atoms with Crippen LogP contribution in [0.15, 0.2) is 164 Å². The molecule has 0 aliphatic heterocycles. The van der Waals surface area contributed by atoms with Gasteiger partial charge in [0.25, 0.3) is 0 Å². The van der Waals surface area contributed by atoms with E-state index in [1.165, 1.54) is 121 Å². The van der Waals surface area contributed by atoms with Gasteiger partial charge in [-0.15, -0.1) is 0 Å². The average Bonchev–Trinajstić information content (AvgIpc) is 3.92. The quantitative estimate of drug-likeness (QED) is 0.182. The van der Waals surface area contributed by atoms with Gasteiger partial charge in [-0.3, -0.25) is 0 Å². The molecule has 0 spiro atoms. The van der Waals surface area contributed by atoms with Crippen LogP contribution in [0, 0.1) is 0 Å². The molecule has 0 amide bonds. The van der Waals surface area contributed by atoms with Crippen LogP contribution in [0.2, 0.25) is 0 Å². The monoisotopic (exact) mass is 740 g/mol. The van der Waals surface area contributed by atoms with Crippen LogP contribution in [0.25, 0.3) is 104 Å². The van der Waals surface area contributed by atoms with Gasteiger partial charge >= 0.3 is 0 Å². The standard InChI is InChI=1S/C56H40N2/c1-55(2)45-16-10-8-14-37(45)53-39-30-50-42(28-34(39)18-22-47(53)55)41-26-32(20-24-49(41)57-50)33-21-25-51-43(27-33)44-29-35-19-23-48-54(38-15-9-11-17-46(38)56(48,3)4)40(35)31-52(44)58(51)36-12-6-5-7-13-36/h5-31,57H,1-4H3. The number of hydrogen-bond acceptors (Lipinski definition) is 0. The lowest BCUT2D eigenvalue weighted by Gasteiger charge is -2.21. The Balaban J connectivity index is 1.01. The number of aromatic nitrogens is 2. The summed E-state index contributed by atoms with van der Waals surface area (Å²) in [5.74, 6) is 0. The van der Waals surface area contributed by atoms with Crippen molar-refractivity contribution in [3.8, 4) is 39.1 Å². The van der Waals surface area contributed by atoms with E-state index in [0.717, 1.165) is 5.52 Å². The molecule has 0 radical (unpaired) electrons. The maximum Gasteiger partial charge on any atom is 0.0547 e. The summed E-state index contributed by atoms with van der Waals surface area (Å²) in [6.07, 6.45) is 0. The molecular formula is C56H40N2. The minimum absolute atomic E-state index is 0.0184. The molecule has 0 bridgehead atoms. The maximum atomic E-state index is 3.80. The van der Waals surface area contributed by atoms with Crippen LogP contribution in [0.3, 0.4) is 0 Å². The average molecular weight is 741 g/mol. The molecule has 58 heavy (non-hydrogen) atoms. The van der Waals surface area contributed by atoms with Crippen LogP contribution in [-0.2, 0) is 10.8 Å². The van der Waals surface area contributed by atoms with Crippen molar-refractivity contribution in [3.63, 3.8) is 0 Å².